The van der Waals surface area contributed by atoms with E-state index < -0.39 is 17.5 Å². The summed E-state index contributed by atoms with van der Waals surface area (Å²) in [7, 11) is 0. The SMILES string of the molecule is N/C(=C(/CNCC1CC1)N(N)c1ccccc1F)c1nc(-c2cc(F)ccc2F)no1. The number of benzene rings is 2. The molecule has 0 bridgehead atoms. The fraction of sp³-hybridized carbons (Fsp3) is 0.238. The van der Waals surface area contributed by atoms with E-state index in [0.29, 0.717) is 11.6 Å². The summed E-state index contributed by atoms with van der Waals surface area (Å²) < 4.78 is 47.0. The Morgan fingerprint density at radius 1 is 1.13 bits per heavy atom. The van der Waals surface area contributed by atoms with E-state index in [1.165, 1.54) is 12.1 Å². The molecule has 3 aromatic rings. The molecule has 0 atom stereocenters. The van der Waals surface area contributed by atoms with Gasteiger partial charge in [0.1, 0.15) is 23.1 Å². The monoisotopic (exact) mass is 430 g/mol. The lowest BCUT2D eigenvalue weighted by molar-refractivity contribution is 0.406. The number of hydrogen-bond donors (Lipinski definition) is 3. The predicted octanol–water partition coefficient (Wildman–Crippen LogP) is 3.16. The average molecular weight is 430 g/mol. The van der Waals surface area contributed by atoms with Gasteiger partial charge in [-0.05, 0) is 55.6 Å². The van der Waals surface area contributed by atoms with Gasteiger partial charge in [-0.1, -0.05) is 17.3 Å². The smallest absolute Gasteiger partial charge is 0.276 e. The Balaban J connectivity index is 1.68. The van der Waals surface area contributed by atoms with Crippen molar-refractivity contribution in [3.05, 3.63) is 71.5 Å². The highest BCUT2D eigenvalue weighted by Gasteiger charge is 2.24. The fourth-order valence-corrected chi connectivity index (χ4v) is 3.05. The number of rotatable bonds is 8. The molecule has 5 N–H and O–H groups in total. The molecule has 7 nitrogen and oxygen atoms in total. The molecule has 1 saturated carbocycles. The second-order valence-electron chi connectivity index (χ2n) is 7.30. The van der Waals surface area contributed by atoms with E-state index in [9.17, 15) is 13.2 Å². The molecule has 1 aliphatic carbocycles. The number of halogens is 3. The van der Waals surface area contributed by atoms with Crippen LogP contribution in [0.1, 0.15) is 18.7 Å². The predicted molar refractivity (Wildman–Crippen MR) is 109 cm³/mol. The third kappa shape index (κ3) is 4.70. The standard InChI is InChI=1S/C21H21F3N6O/c22-13-7-8-15(23)14(9-13)20-28-21(31-29-20)19(25)18(11-27-10-12-5-6-12)30(26)17-4-2-1-3-16(17)24/h1-4,7-9,12,27H,5-6,10-11,25-26H2/b19-18-. The first-order valence-corrected chi connectivity index (χ1v) is 9.72. The number of anilines is 1. The van der Waals surface area contributed by atoms with Crippen LogP contribution in [-0.2, 0) is 0 Å². The van der Waals surface area contributed by atoms with Crippen molar-refractivity contribution in [2.45, 2.75) is 12.8 Å². The highest BCUT2D eigenvalue weighted by molar-refractivity contribution is 5.68. The molecule has 1 aliphatic rings. The second kappa shape index (κ2) is 8.78. The Bertz CT molecular complexity index is 1110. The molecule has 0 amide bonds. The van der Waals surface area contributed by atoms with E-state index in [1.54, 1.807) is 12.1 Å². The lowest BCUT2D eigenvalue weighted by Gasteiger charge is -2.24. The van der Waals surface area contributed by atoms with Gasteiger partial charge in [0.15, 0.2) is 0 Å². The van der Waals surface area contributed by atoms with E-state index in [1.807, 2.05) is 0 Å². The zero-order chi connectivity index (χ0) is 22.0. The Morgan fingerprint density at radius 2 is 1.90 bits per heavy atom. The summed E-state index contributed by atoms with van der Waals surface area (Å²) in [6.45, 7) is 0.963. The van der Waals surface area contributed by atoms with Crippen molar-refractivity contribution in [1.29, 1.82) is 0 Å². The Hall–Kier alpha value is -3.37. The molecule has 0 radical (unpaired) electrons. The van der Waals surface area contributed by atoms with Crippen LogP contribution in [-0.4, -0.2) is 23.2 Å². The van der Waals surface area contributed by atoms with Crippen LogP contribution in [0.15, 0.2) is 52.7 Å². The molecule has 1 aromatic heterocycles. The van der Waals surface area contributed by atoms with Gasteiger partial charge in [0.05, 0.1) is 16.9 Å². The van der Waals surface area contributed by atoms with Gasteiger partial charge in [-0.2, -0.15) is 4.98 Å². The van der Waals surface area contributed by atoms with Crippen LogP contribution >= 0.6 is 0 Å². The minimum Gasteiger partial charge on any atom is -0.393 e. The van der Waals surface area contributed by atoms with Crippen LogP contribution in [0.5, 0.6) is 0 Å². The first-order valence-electron chi connectivity index (χ1n) is 9.72. The molecule has 2 aromatic carbocycles. The van der Waals surface area contributed by atoms with Crippen molar-refractivity contribution >= 4 is 11.4 Å². The molecule has 4 rings (SSSR count). The molecule has 0 spiro atoms. The third-order valence-electron chi connectivity index (χ3n) is 4.96. The zero-order valence-corrected chi connectivity index (χ0v) is 16.5. The van der Waals surface area contributed by atoms with Gasteiger partial charge in [0.2, 0.25) is 5.82 Å². The van der Waals surface area contributed by atoms with Crippen LogP contribution in [0, 0.1) is 23.4 Å². The van der Waals surface area contributed by atoms with E-state index >= 15 is 0 Å². The molecule has 1 fully saturated rings. The second-order valence-corrected chi connectivity index (χ2v) is 7.30. The van der Waals surface area contributed by atoms with Crippen LogP contribution in [0.2, 0.25) is 0 Å². The van der Waals surface area contributed by atoms with E-state index in [4.69, 9.17) is 16.1 Å². The van der Waals surface area contributed by atoms with Crippen molar-refractivity contribution in [2.75, 3.05) is 18.1 Å². The number of aromatic nitrogens is 2. The van der Waals surface area contributed by atoms with E-state index in [0.717, 1.165) is 42.6 Å². The van der Waals surface area contributed by atoms with Crippen molar-refractivity contribution in [3.63, 3.8) is 0 Å². The highest BCUT2D eigenvalue weighted by Crippen LogP contribution is 2.28. The molecule has 10 heteroatoms. The minimum absolute atomic E-state index is 0.00962. The lowest BCUT2D eigenvalue weighted by atomic mass is 10.2. The summed E-state index contributed by atoms with van der Waals surface area (Å²) in [5.41, 5.74) is 6.46. The molecule has 31 heavy (non-hydrogen) atoms. The summed E-state index contributed by atoms with van der Waals surface area (Å²) in [6, 6.07) is 8.87. The first kappa shape index (κ1) is 20.9. The van der Waals surface area contributed by atoms with Crippen LogP contribution in [0.25, 0.3) is 17.1 Å². The van der Waals surface area contributed by atoms with Gasteiger partial charge in [-0.25, -0.2) is 19.0 Å². The normalized spacial score (nSPS) is 14.5. The van der Waals surface area contributed by atoms with Crippen molar-refractivity contribution in [2.24, 2.45) is 17.5 Å². The van der Waals surface area contributed by atoms with Gasteiger partial charge in [0.25, 0.3) is 5.89 Å². The molecule has 0 aliphatic heterocycles. The summed E-state index contributed by atoms with van der Waals surface area (Å²) in [5.74, 6) is 4.56. The number of hydrazine groups is 1. The Kier molecular flexibility index (Phi) is 5.92. The van der Waals surface area contributed by atoms with Crippen molar-refractivity contribution < 1.29 is 17.7 Å². The van der Waals surface area contributed by atoms with Crippen LogP contribution in [0.3, 0.4) is 0 Å². The number of nitrogens with one attached hydrogen (secondary N) is 1. The summed E-state index contributed by atoms with van der Waals surface area (Å²) in [5, 5.41) is 8.05. The van der Waals surface area contributed by atoms with E-state index in [-0.39, 0.29) is 35.2 Å². The lowest BCUT2D eigenvalue weighted by Crippen LogP contribution is -2.38. The zero-order valence-electron chi connectivity index (χ0n) is 16.5. The van der Waals surface area contributed by atoms with E-state index in [2.05, 4.69) is 15.5 Å². The Morgan fingerprint density at radius 3 is 2.65 bits per heavy atom. The molecular weight excluding hydrogens is 409 g/mol. The maximum Gasteiger partial charge on any atom is 0.276 e. The molecule has 0 saturated heterocycles. The fourth-order valence-electron chi connectivity index (χ4n) is 3.05. The minimum atomic E-state index is -0.713. The van der Waals surface area contributed by atoms with Gasteiger partial charge in [-0.3, -0.25) is 5.01 Å². The largest absolute Gasteiger partial charge is 0.393 e. The quantitative estimate of drug-likeness (QED) is 0.372. The summed E-state index contributed by atoms with van der Waals surface area (Å²) in [4.78, 5) is 4.09. The maximum absolute atomic E-state index is 14.3. The molecule has 1 heterocycles. The van der Waals surface area contributed by atoms with Crippen LogP contribution < -0.4 is 21.9 Å². The number of nitrogens with two attached hydrogens (primary N) is 2. The molecular formula is C21H21F3N6O. The van der Waals surface area contributed by atoms with Crippen molar-refractivity contribution in [1.82, 2.24) is 15.5 Å². The Labute approximate surface area is 176 Å². The van der Waals surface area contributed by atoms with Gasteiger partial charge < -0.3 is 15.6 Å². The van der Waals surface area contributed by atoms with Crippen LogP contribution in [0.4, 0.5) is 18.9 Å². The maximum atomic E-state index is 14.3. The topological polar surface area (TPSA) is 106 Å². The van der Waals surface area contributed by atoms with Gasteiger partial charge in [0, 0.05) is 6.54 Å². The van der Waals surface area contributed by atoms with Crippen molar-refractivity contribution in [3.8, 4) is 11.4 Å². The average Bonchev–Trinajstić information content (AvgIpc) is 3.45. The van der Waals surface area contributed by atoms with Gasteiger partial charge in [-0.15, -0.1) is 0 Å². The third-order valence-corrected chi connectivity index (χ3v) is 4.96. The summed E-state index contributed by atoms with van der Waals surface area (Å²) >= 11 is 0. The summed E-state index contributed by atoms with van der Waals surface area (Å²) in [6.07, 6.45) is 2.29. The highest BCUT2D eigenvalue weighted by atomic mass is 19.1. The number of para-hydroxylation sites is 1. The number of nitrogens with zero attached hydrogens (tertiary/aromatic N) is 3. The first-order chi connectivity index (χ1) is 14.9. The number of hydrogen-bond acceptors (Lipinski definition) is 7. The molecule has 162 valence electrons. The molecule has 0 unspecified atom stereocenters. The van der Waals surface area contributed by atoms with Gasteiger partial charge >= 0.3 is 0 Å².